The number of carbonyl (C=O) groups excluding carboxylic acids is 1. The van der Waals surface area contributed by atoms with E-state index in [1.807, 2.05) is 60.7 Å². The third-order valence-electron chi connectivity index (χ3n) is 4.48. The Morgan fingerprint density at radius 1 is 1.00 bits per heavy atom. The van der Waals surface area contributed by atoms with Crippen molar-refractivity contribution in [3.05, 3.63) is 100.0 Å². The second-order valence-electron chi connectivity index (χ2n) is 6.36. The molecule has 0 bridgehead atoms. The average Bonchev–Trinajstić information content (AvgIpc) is 2.74. The van der Waals surface area contributed by atoms with Gasteiger partial charge in [-0.15, -0.1) is 0 Å². The number of nitrogens with zero attached hydrogens (tertiary/aromatic N) is 2. The van der Waals surface area contributed by atoms with Crippen molar-refractivity contribution in [2.45, 2.75) is 12.5 Å². The van der Waals surface area contributed by atoms with Crippen molar-refractivity contribution >= 4 is 5.91 Å². The molecule has 0 radical (unpaired) electrons. The van der Waals surface area contributed by atoms with Crippen LogP contribution in [-0.4, -0.2) is 35.9 Å². The number of nitrogens with one attached hydrogen (secondary N) is 1. The Kier molecular flexibility index (Phi) is 6.70. The van der Waals surface area contributed by atoms with Crippen molar-refractivity contribution in [2.75, 3.05) is 20.3 Å². The van der Waals surface area contributed by atoms with Crippen molar-refractivity contribution < 1.29 is 9.53 Å². The Balaban J connectivity index is 1.76. The molecule has 0 saturated heterocycles. The number of hydrogen-bond acceptors (Lipinski definition) is 4. The fraction of sp³-hybridized carbons (Fsp3) is 0.227. The summed E-state index contributed by atoms with van der Waals surface area (Å²) in [5, 5.41) is 7.10. The van der Waals surface area contributed by atoms with Gasteiger partial charge in [-0.05, 0) is 17.2 Å². The second-order valence-corrected chi connectivity index (χ2v) is 6.36. The number of ether oxygens (including phenoxy) is 1. The number of benzene rings is 2. The van der Waals surface area contributed by atoms with Gasteiger partial charge in [0.05, 0.1) is 13.2 Å². The Labute approximate surface area is 163 Å². The first-order valence-electron chi connectivity index (χ1n) is 9.14. The third-order valence-corrected chi connectivity index (χ3v) is 4.48. The Morgan fingerprint density at radius 3 is 2.18 bits per heavy atom. The number of amides is 1. The fourth-order valence-electron chi connectivity index (χ4n) is 2.99. The molecule has 0 saturated carbocycles. The summed E-state index contributed by atoms with van der Waals surface area (Å²) >= 11 is 0. The standard InChI is InChI=1S/C22H23N3O3/c1-28-15-14-25-21(26)13-12-20(24-25)22(27)23-16-19(17-8-4-2-5-9-17)18-10-6-3-7-11-18/h2-13,19H,14-16H2,1H3,(H,23,27). The topological polar surface area (TPSA) is 73.2 Å². The van der Waals surface area contributed by atoms with Gasteiger partial charge in [-0.3, -0.25) is 9.59 Å². The summed E-state index contributed by atoms with van der Waals surface area (Å²) in [7, 11) is 1.55. The maximum atomic E-state index is 12.6. The summed E-state index contributed by atoms with van der Waals surface area (Å²) in [5.74, 6) is -0.297. The van der Waals surface area contributed by atoms with Crippen LogP contribution in [0.3, 0.4) is 0 Å². The van der Waals surface area contributed by atoms with Gasteiger partial charge in [0, 0.05) is 25.6 Å². The van der Waals surface area contributed by atoms with Crippen LogP contribution in [0.25, 0.3) is 0 Å². The van der Waals surface area contributed by atoms with Crippen molar-refractivity contribution in [3.8, 4) is 0 Å². The van der Waals surface area contributed by atoms with Crippen LogP contribution in [0.1, 0.15) is 27.5 Å². The molecular formula is C22H23N3O3. The monoisotopic (exact) mass is 377 g/mol. The van der Waals surface area contributed by atoms with Gasteiger partial charge in [0.2, 0.25) is 0 Å². The van der Waals surface area contributed by atoms with Gasteiger partial charge in [0.15, 0.2) is 0 Å². The van der Waals surface area contributed by atoms with E-state index in [2.05, 4.69) is 10.4 Å². The van der Waals surface area contributed by atoms with E-state index >= 15 is 0 Å². The van der Waals surface area contributed by atoms with E-state index in [4.69, 9.17) is 4.74 Å². The van der Waals surface area contributed by atoms with Gasteiger partial charge < -0.3 is 10.1 Å². The molecule has 2 aromatic carbocycles. The highest BCUT2D eigenvalue weighted by molar-refractivity contribution is 5.92. The van der Waals surface area contributed by atoms with Crippen LogP contribution in [0.5, 0.6) is 0 Å². The smallest absolute Gasteiger partial charge is 0.271 e. The second kappa shape index (κ2) is 9.62. The van der Waals surface area contributed by atoms with E-state index in [1.165, 1.54) is 16.8 Å². The summed E-state index contributed by atoms with van der Waals surface area (Å²) in [6.45, 7) is 1.07. The lowest BCUT2D eigenvalue weighted by atomic mass is 9.91. The van der Waals surface area contributed by atoms with Crippen molar-refractivity contribution in [1.29, 1.82) is 0 Å². The predicted molar refractivity (Wildman–Crippen MR) is 107 cm³/mol. The molecule has 1 N–H and O–H groups in total. The molecule has 144 valence electrons. The quantitative estimate of drug-likeness (QED) is 0.654. The van der Waals surface area contributed by atoms with E-state index in [0.29, 0.717) is 19.7 Å². The normalized spacial score (nSPS) is 10.8. The highest BCUT2D eigenvalue weighted by atomic mass is 16.5. The molecule has 3 aromatic rings. The van der Waals surface area contributed by atoms with Crippen LogP contribution in [-0.2, 0) is 11.3 Å². The van der Waals surface area contributed by atoms with Gasteiger partial charge in [0.25, 0.3) is 11.5 Å². The summed E-state index contributed by atoms with van der Waals surface area (Å²) in [5.41, 5.74) is 2.18. The molecule has 0 fully saturated rings. The van der Waals surface area contributed by atoms with Crippen LogP contribution in [0.2, 0.25) is 0 Å². The van der Waals surface area contributed by atoms with E-state index in [9.17, 15) is 9.59 Å². The zero-order valence-corrected chi connectivity index (χ0v) is 15.7. The summed E-state index contributed by atoms with van der Waals surface area (Å²) in [6.07, 6.45) is 0. The van der Waals surface area contributed by atoms with E-state index in [-0.39, 0.29) is 23.1 Å². The molecule has 6 heteroatoms. The van der Waals surface area contributed by atoms with Crippen LogP contribution >= 0.6 is 0 Å². The SMILES string of the molecule is COCCn1nc(C(=O)NCC(c2ccccc2)c2ccccc2)ccc1=O. The average molecular weight is 377 g/mol. The van der Waals surface area contributed by atoms with Crippen LogP contribution in [0, 0.1) is 0 Å². The molecule has 0 aliphatic carbocycles. The van der Waals surface area contributed by atoms with E-state index < -0.39 is 0 Å². The minimum Gasteiger partial charge on any atom is -0.383 e. The van der Waals surface area contributed by atoms with Crippen molar-refractivity contribution in [3.63, 3.8) is 0 Å². The molecule has 28 heavy (non-hydrogen) atoms. The van der Waals surface area contributed by atoms with E-state index in [0.717, 1.165) is 11.1 Å². The fourth-order valence-corrected chi connectivity index (χ4v) is 2.99. The minimum absolute atomic E-state index is 0.0192. The summed E-state index contributed by atoms with van der Waals surface area (Å²) < 4.78 is 6.22. The maximum Gasteiger partial charge on any atom is 0.271 e. The molecule has 0 atom stereocenters. The molecule has 3 rings (SSSR count). The number of hydrogen-bond donors (Lipinski definition) is 1. The largest absolute Gasteiger partial charge is 0.383 e. The molecule has 1 amide bonds. The van der Waals surface area contributed by atoms with Crippen LogP contribution in [0.15, 0.2) is 77.6 Å². The first-order chi connectivity index (χ1) is 13.7. The number of methoxy groups -OCH3 is 1. The van der Waals surface area contributed by atoms with Crippen molar-refractivity contribution in [1.82, 2.24) is 15.1 Å². The molecule has 0 aliphatic heterocycles. The number of rotatable bonds is 8. The summed E-state index contributed by atoms with van der Waals surface area (Å²) in [4.78, 5) is 24.5. The van der Waals surface area contributed by atoms with Crippen LogP contribution in [0.4, 0.5) is 0 Å². The molecule has 0 aliphatic rings. The van der Waals surface area contributed by atoms with Gasteiger partial charge in [-0.1, -0.05) is 60.7 Å². The zero-order valence-electron chi connectivity index (χ0n) is 15.7. The first kappa shape index (κ1) is 19.5. The molecule has 1 heterocycles. The minimum atomic E-state index is -0.317. The number of aromatic nitrogens is 2. The van der Waals surface area contributed by atoms with Gasteiger partial charge in [-0.25, -0.2) is 4.68 Å². The van der Waals surface area contributed by atoms with Crippen molar-refractivity contribution in [2.24, 2.45) is 0 Å². The third kappa shape index (κ3) is 4.92. The lowest BCUT2D eigenvalue weighted by molar-refractivity contribution is 0.0943. The van der Waals surface area contributed by atoms with Gasteiger partial charge >= 0.3 is 0 Å². The lowest BCUT2D eigenvalue weighted by Gasteiger charge is -2.19. The molecule has 6 nitrogen and oxygen atoms in total. The predicted octanol–water partition coefficient (Wildman–Crippen LogP) is 2.45. The Bertz CT molecular complexity index is 916. The molecule has 0 unspecified atom stereocenters. The Morgan fingerprint density at radius 2 is 1.61 bits per heavy atom. The highest BCUT2D eigenvalue weighted by Gasteiger charge is 2.16. The van der Waals surface area contributed by atoms with E-state index in [1.54, 1.807) is 7.11 Å². The van der Waals surface area contributed by atoms with Gasteiger partial charge in [-0.2, -0.15) is 5.10 Å². The Hall–Kier alpha value is -3.25. The first-order valence-corrected chi connectivity index (χ1v) is 9.14. The van der Waals surface area contributed by atoms with Gasteiger partial charge in [0.1, 0.15) is 5.69 Å². The maximum absolute atomic E-state index is 12.6. The molecule has 0 spiro atoms. The lowest BCUT2D eigenvalue weighted by Crippen LogP contribution is -2.32. The molecule has 1 aromatic heterocycles. The molecular weight excluding hydrogens is 354 g/mol. The zero-order chi connectivity index (χ0) is 19.8. The summed E-state index contributed by atoms with van der Waals surface area (Å²) in [6, 6.07) is 22.9. The highest BCUT2D eigenvalue weighted by Crippen LogP contribution is 2.23. The van der Waals surface area contributed by atoms with Crippen LogP contribution < -0.4 is 10.9 Å². The number of carbonyl (C=O) groups is 1.